The van der Waals surface area contributed by atoms with Crippen LogP contribution in [0.2, 0.25) is 0 Å². The number of hydrogen-bond donors (Lipinski definition) is 0. The van der Waals surface area contributed by atoms with Gasteiger partial charge in [-0.15, -0.1) is 0 Å². The van der Waals surface area contributed by atoms with Gasteiger partial charge in [0.15, 0.2) is 0 Å². The molecule has 5 rings (SSSR count). The van der Waals surface area contributed by atoms with Crippen LogP contribution in [0.5, 0.6) is 0 Å². The zero-order chi connectivity index (χ0) is 19.1. The first-order chi connectivity index (χ1) is 13.7. The molecule has 2 aliphatic rings. The predicted molar refractivity (Wildman–Crippen MR) is 112 cm³/mol. The molecular weight excluding hydrogens is 351 g/mol. The summed E-state index contributed by atoms with van der Waals surface area (Å²) in [4.78, 5) is 4.68. The average molecular weight is 376 g/mol. The number of hydrogen-bond acceptors (Lipinski definition) is 3. The summed E-state index contributed by atoms with van der Waals surface area (Å²) in [5.74, 6) is -0.0562. The summed E-state index contributed by atoms with van der Waals surface area (Å²) >= 11 is 0. The molecule has 1 atom stereocenters. The van der Waals surface area contributed by atoms with Crippen LogP contribution in [0.1, 0.15) is 22.6 Å². The van der Waals surface area contributed by atoms with E-state index in [0.29, 0.717) is 0 Å². The molecule has 0 saturated carbocycles. The summed E-state index contributed by atoms with van der Waals surface area (Å²) in [6.07, 6.45) is 0. The van der Waals surface area contributed by atoms with Crippen molar-refractivity contribution in [3.8, 4) is 0 Å². The lowest BCUT2D eigenvalue weighted by atomic mass is 9.83. The number of halogens is 1. The maximum atomic E-state index is 15.1. The molecule has 0 spiro atoms. The van der Waals surface area contributed by atoms with Crippen LogP contribution in [0.15, 0.2) is 54.6 Å². The van der Waals surface area contributed by atoms with Crippen LogP contribution in [0.4, 0.5) is 10.1 Å². The molecule has 1 fully saturated rings. The van der Waals surface area contributed by atoms with E-state index in [0.717, 1.165) is 55.7 Å². The van der Waals surface area contributed by atoms with Gasteiger partial charge in [-0.2, -0.15) is 0 Å². The number of fused-ring (bicyclic) bond motifs is 2. The lowest BCUT2D eigenvalue weighted by Gasteiger charge is -2.35. The van der Waals surface area contributed by atoms with Gasteiger partial charge in [0.05, 0.1) is 13.2 Å². The van der Waals surface area contributed by atoms with Gasteiger partial charge in [0.1, 0.15) is 5.82 Å². The molecule has 2 heterocycles. The van der Waals surface area contributed by atoms with Gasteiger partial charge in [0.2, 0.25) is 0 Å². The molecule has 1 unspecified atom stereocenters. The fourth-order valence-electron chi connectivity index (χ4n) is 4.62. The lowest BCUT2D eigenvalue weighted by Crippen LogP contribution is -2.37. The summed E-state index contributed by atoms with van der Waals surface area (Å²) in [7, 11) is 2.12. The number of anilines is 1. The molecule has 3 aromatic carbocycles. The summed E-state index contributed by atoms with van der Waals surface area (Å²) < 4.78 is 20.5. The van der Waals surface area contributed by atoms with E-state index in [9.17, 15) is 0 Å². The summed E-state index contributed by atoms with van der Waals surface area (Å²) in [6.45, 7) is 5.15. The molecule has 4 heteroatoms. The second-order valence-electron chi connectivity index (χ2n) is 7.95. The minimum Gasteiger partial charge on any atom is -0.378 e. The molecule has 3 aromatic rings. The first kappa shape index (κ1) is 17.7. The molecule has 2 aliphatic heterocycles. The van der Waals surface area contributed by atoms with Crippen LogP contribution in [-0.2, 0) is 11.3 Å². The van der Waals surface area contributed by atoms with Crippen LogP contribution >= 0.6 is 0 Å². The Balaban J connectivity index is 1.56. The van der Waals surface area contributed by atoms with Crippen molar-refractivity contribution in [2.24, 2.45) is 0 Å². The Kier molecular flexibility index (Phi) is 4.53. The molecule has 0 N–H and O–H groups in total. The van der Waals surface area contributed by atoms with Crippen LogP contribution < -0.4 is 4.90 Å². The molecule has 144 valence electrons. The maximum Gasteiger partial charge on any atom is 0.127 e. The largest absolute Gasteiger partial charge is 0.378 e. The Morgan fingerprint density at radius 3 is 2.46 bits per heavy atom. The van der Waals surface area contributed by atoms with Gasteiger partial charge in [-0.3, -0.25) is 0 Å². The van der Waals surface area contributed by atoms with E-state index in [2.05, 4.69) is 41.1 Å². The second-order valence-corrected chi connectivity index (χ2v) is 7.95. The van der Waals surface area contributed by atoms with Gasteiger partial charge < -0.3 is 14.5 Å². The molecule has 0 amide bonds. The molecule has 3 nitrogen and oxygen atoms in total. The van der Waals surface area contributed by atoms with Gasteiger partial charge in [0, 0.05) is 37.8 Å². The number of likely N-dealkylation sites (N-methyl/N-ethyl adjacent to an activating group) is 1. The fraction of sp³-hybridized carbons (Fsp3) is 0.333. The highest BCUT2D eigenvalue weighted by atomic mass is 19.1. The summed E-state index contributed by atoms with van der Waals surface area (Å²) in [5.41, 5.74) is 4.60. The summed E-state index contributed by atoms with van der Waals surface area (Å²) in [5, 5.41) is 2.05. The van der Waals surface area contributed by atoms with Crippen molar-refractivity contribution in [3.63, 3.8) is 0 Å². The number of benzene rings is 3. The molecule has 0 bridgehead atoms. The quantitative estimate of drug-likeness (QED) is 0.660. The monoisotopic (exact) mass is 376 g/mol. The predicted octanol–water partition coefficient (Wildman–Crippen LogP) is 4.39. The van der Waals surface area contributed by atoms with Crippen LogP contribution in [0.25, 0.3) is 10.8 Å². The summed E-state index contributed by atoms with van der Waals surface area (Å²) in [6, 6.07) is 18.4. The van der Waals surface area contributed by atoms with Gasteiger partial charge in [-0.1, -0.05) is 30.3 Å². The van der Waals surface area contributed by atoms with Crippen molar-refractivity contribution >= 4 is 16.5 Å². The van der Waals surface area contributed by atoms with E-state index in [1.165, 1.54) is 16.8 Å². The van der Waals surface area contributed by atoms with Crippen molar-refractivity contribution in [2.45, 2.75) is 12.5 Å². The molecule has 1 saturated heterocycles. The SMILES string of the molecule is CN1Cc2cc(N3CCOCC3)ccc2C(c2cc3ccccc3cc2F)C1. The van der Waals surface area contributed by atoms with Crippen LogP contribution in [0.3, 0.4) is 0 Å². The first-order valence-electron chi connectivity index (χ1n) is 10.0. The first-order valence-corrected chi connectivity index (χ1v) is 10.0. The van der Waals surface area contributed by atoms with Crippen molar-refractivity contribution in [1.29, 1.82) is 0 Å². The third kappa shape index (κ3) is 3.17. The number of rotatable bonds is 2. The smallest absolute Gasteiger partial charge is 0.127 e. The Bertz CT molecular complexity index is 1010. The molecule has 0 aromatic heterocycles. The topological polar surface area (TPSA) is 15.7 Å². The van der Waals surface area contributed by atoms with E-state index in [4.69, 9.17) is 4.74 Å². The third-order valence-corrected chi connectivity index (χ3v) is 6.05. The van der Waals surface area contributed by atoms with Crippen molar-refractivity contribution in [2.75, 3.05) is 44.8 Å². The number of morpholine rings is 1. The van der Waals surface area contributed by atoms with Crippen molar-refractivity contribution in [3.05, 3.63) is 77.1 Å². The molecule has 28 heavy (non-hydrogen) atoms. The maximum absolute atomic E-state index is 15.1. The van der Waals surface area contributed by atoms with Gasteiger partial charge in [-0.25, -0.2) is 4.39 Å². The molecular formula is C24H25FN2O. The Morgan fingerprint density at radius 2 is 1.68 bits per heavy atom. The lowest BCUT2D eigenvalue weighted by molar-refractivity contribution is 0.122. The Hall–Kier alpha value is -2.43. The average Bonchev–Trinajstić information content (AvgIpc) is 2.73. The zero-order valence-electron chi connectivity index (χ0n) is 16.2. The molecule has 0 radical (unpaired) electrons. The highest BCUT2D eigenvalue weighted by molar-refractivity contribution is 5.83. The van der Waals surface area contributed by atoms with E-state index >= 15 is 4.39 Å². The minimum absolute atomic E-state index is 0.0529. The normalized spacial score (nSPS) is 20.4. The van der Waals surface area contributed by atoms with Crippen molar-refractivity contribution < 1.29 is 9.13 Å². The van der Waals surface area contributed by atoms with Gasteiger partial charge in [0.25, 0.3) is 0 Å². The minimum atomic E-state index is -0.109. The fourth-order valence-corrected chi connectivity index (χ4v) is 4.62. The van der Waals surface area contributed by atoms with Crippen molar-refractivity contribution in [1.82, 2.24) is 4.90 Å². The Labute approximate surface area is 165 Å². The Morgan fingerprint density at radius 1 is 0.929 bits per heavy atom. The third-order valence-electron chi connectivity index (χ3n) is 6.05. The van der Waals surface area contributed by atoms with Gasteiger partial charge in [-0.05, 0) is 58.8 Å². The van der Waals surface area contributed by atoms with Crippen LogP contribution in [0, 0.1) is 5.82 Å². The zero-order valence-corrected chi connectivity index (χ0v) is 16.2. The highest BCUT2D eigenvalue weighted by Crippen LogP contribution is 2.37. The number of ether oxygens (including phenoxy) is 1. The van der Waals surface area contributed by atoms with E-state index in [1.807, 2.05) is 24.3 Å². The standard InChI is InChI=1S/C24H25FN2O/c1-26-15-19-12-20(27-8-10-28-11-9-27)6-7-21(19)23(16-26)22-13-17-4-2-3-5-18(17)14-24(22)25/h2-7,12-14,23H,8-11,15-16H2,1H3. The van der Waals surface area contributed by atoms with Gasteiger partial charge >= 0.3 is 0 Å². The highest BCUT2D eigenvalue weighted by Gasteiger charge is 2.28. The van der Waals surface area contributed by atoms with Crippen LogP contribution in [-0.4, -0.2) is 44.8 Å². The van der Waals surface area contributed by atoms with E-state index in [1.54, 1.807) is 6.07 Å². The number of nitrogens with zero attached hydrogens (tertiary/aromatic N) is 2. The molecule has 0 aliphatic carbocycles. The van der Waals surface area contributed by atoms with E-state index < -0.39 is 0 Å². The second kappa shape index (κ2) is 7.19. The van der Waals surface area contributed by atoms with E-state index in [-0.39, 0.29) is 11.7 Å².